The van der Waals surface area contributed by atoms with Crippen molar-refractivity contribution in [3.8, 4) is 0 Å². The van der Waals surface area contributed by atoms with Crippen LogP contribution in [-0.4, -0.2) is 38.7 Å². The summed E-state index contributed by atoms with van der Waals surface area (Å²) in [7, 11) is 0. The molecular weight excluding hydrogens is 194 g/mol. The maximum atomic E-state index is 11.7. The van der Waals surface area contributed by atoms with Crippen molar-refractivity contribution in [1.29, 1.82) is 0 Å². The van der Waals surface area contributed by atoms with Crippen molar-refractivity contribution in [2.24, 2.45) is 5.73 Å². The number of rotatable bonds is 3. The number of nitrogens with zero attached hydrogens (tertiary/aromatic N) is 4. The van der Waals surface area contributed by atoms with Gasteiger partial charge in [0.1, 0.15) is 12.9 Å². The van der Waals surface area contributed by atoms with E-state index in [1.54, 1.807) is 11.0 Å². The van der Waals surface area contributed by atoms with E-state index in [0.29, 0.717) is 12.4 Å². The lowest BCUT2D eigenvalue weighted by Crippen LogP contribution is -2.31. The molecule has 0 unspecified atom stereocenters. The number of amides is 1. The predicted octanol–water partition coefficient (Wildman–Crippen LogP) is -0.641. The van der Waals surface area contributed by atoms with Gasteiger partial charge in [-0.15, -0.1) is 0 Å². The van der Waals surface area contributed by atoms with Gasteiger partial charge in [-0.2, -0.15) is 5.10 Å². The number of carbonyl (C=O) groups excluding carboxylic acids is 1. The quantitative estimate of drug-likeness (QED) is 0.718. The highest BCUT2D eigenvalue weighted by Crippen LogP contribution is 2.07. The highest BCUT2D eigenvalue weighted by Gasteiger charge is 2.18. The van der Waals surface area contributed by atoms with Crippen LogP contribution in [0.4, 0.5) is 0 Å². The molecule has 0 radical (unpaired) electrons. The second-order valence-electron chi connectivity index (χ2n) is 3.65. The smallest absolute Gasteiger partial charge is 0.244 e. The Morgan fingerprint density at radius 3 is 2.80 bits per heavy atom. The lowest BCUT2D eigenvalue weighted by Gasteiger charge is -2.14. The summed E-state index contributed by atoms with van der Waals surface area (Å²) >= 11 is 0. The Morgan fingerprint density at radius 2 is 2.20 bits per heavy atom. The standard InChI is InChI=1S/C9H15N5O/c10-5-8-11-7-14(12-8)6-9(15)13-3-1-2-4-13/h7H,1-6,10H2. The Morgan fingerprint density at radius 1 is 1.47 bits per heavy atom. The number of hydrogen-bond donors (Lipinski definition) is 1. The first-order chi connectivity index (χ1) is 7.29. The fourth-order valence-electron chi connectivity index (χ4n) is 1.71. The molecule has 6 nitrogen and oxygen atoms in total. The molecule has 1 aliphatic rings. The average molecular weight is 209 g/mol. The van der Waals surface area contributed by atoms with Crippen molar-refractivity contribution >= 4 is 5.91 Å². The average Bonchev–Trinajstić information content (AvgIpc) is 2.87. The minimum atomic E-state index is 0.112. The molecule has 1 amide bonds. The lowest BCUT2D eigenvalue weighted by atomic mass is 10.4. The van der Waals surface area contributed by atoms with E-state index in [9.17, 15) is 4.79 Å². The molecule has 2 heterocycles. The van der Waals surface area contributed by atoms with Gasteiger partial charge in [0.05, 0.1) is 6.54 Å². The minimum Gasteiger partial charge on any atom is -0.341 e. The van der Waals surface area contributed by atoms with Crippen LogP contribution in [0, 0.1) is 0 Å². The molecule has 1 aromatic heterocycles. The van der Waals surface area contributed by atoms with E-state index < -0.39 is 0 Å². The fraction of sp³-hybridized carbons (Fsp3) is 0.667. The lowest BCUT2D eigenvalue weighted by molar-refractivity contribution is -0.130. The number of nitrogens with two attached hydrogens (primary N) is 1. The molecule has 0 aromatic carbocycles. The zero-order valence-electron chi connectivity index (χ0n) is 8.59. The van der Waals surface area contributed by atoms with Crippen molar-refractivity contribution in [2.45, 2.75) is 25.9 Å². The van der Waals surface area contributed by atoms with Crippen LogP contribution >= 0.6 is 0 Å². The van der Waals surface area contributed by atoms with E-state index in [4.69, 9.17) is 5.73 Å². The van der Waals surface area contributed by atoms with Gasteiger partial charge in [0.15, 0.2) is 5.82 Å². The van der Waals surface area contributed by atoms with Crippen molar-refractivity contribution < 1.29 is 4.79 Å². The molecule has 15 heavy (non-hydrogen) atoms. The third kappa shape index (κ3) is 2.33. The summed E-state index contributed by atoms with van der Waals surface area (Å²) in [4.78, 5) is 17.6. The summed E-state index contributed by atoms with van der Waals surface area (Å²) in [6.07, 6.45) is 3.77. The van der Waals surface area contributed by atoms with Crippen LogP contribution in [0.3, 0.4) is 0 Å². The Balaban J connectivity index is 1.92. The van der Waals surface area contributed by atoms with Gasteiger partial charge in [-0.1, -0.05) is 0 Å². The highest BCUT2D eigenvalue weighted by molar-refractivity contribution is 5.76. The molecule has 0 saturated carbocycles. The first kappa shape index (κ1) is 10.1. The van der Waals surface area contributed by atoms with E-state index in [1.165, 1.54) is 0 Å². The van der Waals surface area contributed by atoms with E-state index in [1.807, 2.05) is 4.90 Å². The second kappa shape index (κ2) is 4.39. The first-order valence-corrected chi connectivity index (χ1v) is 5.16. The van der Waals surface area contributed by atoms with Crippen LogP contribution in [0.1, 0.15) is 18.7 Å². The summed E-state index contributed by atoms with van der Waals surface area (Å²) in [5.41, 5.74) is 5.38. The van der Waals surface area contributed by atoms with Crippen LogP contribution in [0.2, 0.25) is 0 Å². The minimum absolute atomic E-state index is 0.112. The van der Waals surface area contributed by atoms with Crippen molar-refractivity contribution in [3.05, 3.63) is 12.2 Å². The molecular formula is C9H15N5O. The molecule has 0 atom stereocenters. The molecule has 0 aliphatic carbocycles. The maximum Gasteiger partial charge on any atom is 0.244 e. The van der Waals surface area contributed by atoms with Gasteiger partial charge < -0.3 is 10.6 Å². The molecule has 1 saturated heterocycles. The Labute approximate surface area is 88.1 Å². The molecule has 1 aliphatic heterocycles. The zero-order chi connectivity index (χ0) is 10.7. The zero-order valence-corrected chi connectivity index (χ0v) is 8.59. The van der Waals surface area contributed by atoms with Crippen molar-refractivity contribution in [3.63, 3.8) is 0 Å². The summed E-state index contributed by atoms with van der Waals surface area (Å²) in [6, 6.07) is 0. The van der Waals surface area contributed by atoms with Gasteiger partial charge in [0.25, 0.3) is 0 Å². The Hall–Kier alpha value is -1.43. The fourth-order valence-corrected chi connectivity index (χ4v) is 1.71. The summed E-state index contributed by atoms with van der Waals surface area (Å²) in [5, 5.41) is 4.07. The SMILES string of the molecule is NCc1ncn(CC(=O)N2CCCC2)n1. The van der Waals surface area contributed by atoms with Crippen LogP contribution in [0.15, 0.2) is 6.33 Å². The number of likely N-dealkylation sites (tertiary alicyclic amines) is 1. The van der Waals surface area contributed by atoms with Gasteiger partial charge in [-0.25, -0.2) is 9.67 Å². The summed E-state index contributed by atoms with van der Waals surface area (Å²) in [6.45, 7) is 2.33. The number of carbonyl (C=O) groups is 1. The van der Waals surface area contributed by atoms with Gasteiger partial charge in [0, 0.05) is 13.1 Å². The van der Waals surface area contributed by atoms with E-state index in [-0.39, 0.29) is 12.5 Å². The predicted molar refractivity (Wildman–Crippen MR) is 53.7 cm³/mol. The van der Waals surface area contributed by atoms with Crippen molar-refractivity contribution in [1.82, 2.24) is 19.7 Å². The third-order valence-electron chi connectivity index (χ3n) is 2.52. The molecule has 0 bridgehead atoms. The number of hydrogen-bond acceptors (Lipinski definition) is 4. The van der Waals surface area contributed by atoms with E-state index in [2.05, 4.69) is 10.1 Å². The maximum absolute atomic E-state index is 11.7. The van der Waals surface area contributed by atoms with Gasteiger partial charge in [-0.3, -0.25) is 4.79 Å². The molecule has 1 aromatic rings. The molecule has 2 N–H and O–H groups in total. The largest absolute Gasteiger partial charge is 0.341 e. The van der Waals surface area contributed by atoms with Crippen LogP contribution in [0.5, 0.6) is 0 Å². The summed E-state index contributed by atoms with van der Waals surface area (Å²) < 4.78 is 1.54. The molecule has 1 fully saturated rings. The summed E-state index contributed by atoms with van der Waals surface area (Å²) in [5.74, 6) is 0.685. The van der Waals surface area contributed by atoms with Crippen LogP contribution < -0.4 is 5.73 Å². The third-order valence-corrected chi connectivity index (χ3v) is 2.52. The monoisotopic (exact) mass is 209 g/mol. The highest BCUT2D eigenvalue weighted by atomic mass is 16.2. The molecule has 6 heteroatoms. The normalized spacial score (nSPS) is 15.9. The van der Waals surface area contributed by atoms with Gasteiger partial charge in [-0.05, 0) is 12.8 Å². The molecule has 0 spiro atoms. The van der Waals surface area contributed by atoms with Crippen LogP contribution in [0.25, 0.3) is 0 Å². The Bertz CT molecular complexity index is 342. The number of aromatic nitrogens is 3. The van der Waals surface area contributed by atoms with E-state index in [0.717, 1.165) is 25.9 Å². The Kier molecular flexibility index (Phi) is 2.96. The van der Waals surface area contributed by atoms with Crippen molar-refractivity contribution in [2.75, 3.05) is 13.1 Å². The first-order valence-electron chi connectivity index (χ1n) is 5.16. The molecule has 2 rings (SSSR count). The van der Waals surface area contributed by atoms with Gasteiger partial charge >= 0.3 is 0 Å². The molecule has 82 valence electrons. The van der Waals surface area contributed by atoms with Crippen LogP contribution in [-0.2, 0) is 17.9 Å². The second-order valence-corrected chi connectivity index (χ2v) is 3.65. The van der Waals surface area contributed by atoms with E-state index >= 15 is 0 Å². The topological polar surface area (TPSA) is 77.0 Å². The van der Waals surface area contributed by atoms with Gasteiger partial charge in [0.2, 0.25) is 5.91 Å².